The molecule has 1 heterocycles. The fraction of sp³-hybridized carbons (Fsp3) is 0.143. The fourth-order valence-electron chi connectivity index (χ4n) is 0.687. The highest BCUT2D eigenvalue weighted by molar-refractivity contribution is 9.11. The molecule has 1 aromatic rings. The van der Waals surface area contributed by atoms with Gasteiger partial charge in [0.25, 0.3) is 0 Å². The van der Waals surface area contributed by atoms with Crippen LogP contribution >= 0.6 is 31.9 Å². The second-order valence-corrected chi connectivity index (χ2v) is 3.73. The van der Waals surface area contributed by atoms with E-state index in [4.69, 9.17) is 0 Å². The molecule has 0 aliphatic carbocycles. The molecule has 1 N–H and O–H groups in total. The molecule has 4 nitrogen and oxygen atoms in total. The first-order valence-corrected chi connectivity index (χ1v) is 4.78. The second-order valence-electron chi connectivity index (χ2n) is 2.12. The molecule has 6 heteroatoms. The summed E-state index contributed by atoms with van der Waals surface area (Å²) in [6.45, 7) is 0. The number of carbonyl (C=O) groups excluding carboxylic acids is 1. The SMILES string of the molecule is COC(=O)c1cc(Br)c(O)c(Br)n1. The number of hydrogen-bond donors (Lipinski definition) is 1. The van der Waals surface area contributed by atoms with E-state index in [1.807, 2.05) is 0 Å². The van der Waals surface area contributed by atoms with Crippen LogP contribution in [0.2, 0.25) is 0 Å². The van der Waals surface area contributed by atoms with E-state index in [0.717, 1.165) is 0 Å². The van der Waals surface area contributed by atoms with Gasteiger partial charge in [-0.05, 0) is 37.9 Å². The van der Waals surface area contributed by atoms with Gasteiger partial charge in [0.15, 0.2) is 11.4 Å². The number of rotatable bonds is 1. The number of aromatic hydroxyl groups is 1. The van der Waals surface area contributed by atoms with Crippen LogP contribution in [-0.4, -0.2) is 23.2 Å². The molecule has 0 fully saturated rings. The molecule has 0 spiro atoms. The summed E-state index contributed by atoms with van der Waals surface area (Å²) in [6.07, 6.45) is 0. The topological polar surface area (TPSA) is 59.4 Å². The predicted molar refractivity (Wildman–Crippen MR) is 52.6 cm³/mol. The lowest BCUT2D eigenvalue weighted by Crippen LogP contribution is -2.04. The summed E-state index contributed by atoms with van der Waals surface area (Å²) in [7, 11) is 1.26. The third-order valence-corrected chi connectivity index (χ3v) is 2.46. The Balaban J connectivity index is 3.20. The maximum absolute atomic E-state index is 11.0. The maximum Gasteiger partial charge on any atom is 0.356 e. The molecule has 70 valence electrons. The quantitative estimate of drug-likeness (QED) is 0.637. The lowest BCUT2D eigenvalue weighted by atomic mass is 10.3. The standard InChI is InChI=1S/C7H5Br2NO3/c1-13-7(12)4-2-3(8)5(11)6(9)10-4/h2,11H,1H3. The molecular formula is C7H5Br2NO3. The van der Waals surface area contributed by atoms with Gasteiger partial charge in [0.05, 0.1) is 11.6 Å². The highest BCUT2D eigenvalue weighted by Gasteiger charge is 2.13. The molecular weight excluding hydrogens is 306 g/mol. The zero-order chi connectivity index (χ0) is 10.0. The Hall–Kier alpha value is -0.620. The van der Waals surface area contributed by atoms with E-state index in [-0.39, 0.29) is 16.0 Å². The average molecular weight is 311 g/mol. The number of nitrogens with zero attached hydrogens (tertiary/aromatic N) is 1. The number of halogens is 2. The van der Waals surface area contributed by atoms with Crippen LogP contribution in [0.15, 0.2) is 15.1 Å². The number of aromatic nitrogens is 1. The highest BCUT2D eigenvalue weighted by atomic mass is 79.9. The van der Waals surface area contributed by atoms with E-state index >= 15 is 0 Å². The van der Waals surface area contributed by atoms with E-state index in [1.54, 1.807) is 0 Å². The monoisotopic (exact) mass is 309 g/mol. The van der Waals surface area contributed by atoms with Crippen LogP contribution in [0.5, 0.6) is 5.75 Å². The van der Waals surface area contributed by atoms with Crippen molar-refractivity contribution in [2.24, 2.45) is 0 Å². The normalized spacial score (nSPS) is 9.77. The van der Waals surface area contributed by atoms with Gasteiger partial charge in [-0.25, -0.2) is 9.78 Å². The Morgan fingerprint density at radius 3 is 2.69 bits per heavy atom. The minimum Gasteiger partial charge on any atom is -0.504 e. The Labute approximate surface area is 91.2 Å². The van der Waals surface area contributed by atoms with E-state index in [0.29, 0.717) is 4.47 Å². The zero-order valence-electron chi connectivity index (χ0n) is 6.54. The van der Waals surface area contributed by atoms with Gasteiger partial charge < -0.3 is 9.84 Å². The van der Waals surface area contributed by atoms with Crippen molar-refractivity contribution in [2.75, 3.05) is 7.11 Å². The van der Waals surface area contributed by atoms with Gasteiger partial charge in [0.1, 0.15) is 4.60 Å². The van der Waals surface area contributed by atoms with Crippen LogP contribution in [-0.2, 0) is 4.74 Å². The van der Waals surface area contributed by atoms with Crippen molar-refractivity contribution in [1.82, 2.24) is 4.98 Å². The van der Waals surface area contributed by atoms with Crippen LogP contribution in [0.3, 0.4) is 0 Å². The van der Waals surface area contributed by atoms with Crippen molar-refractivity contribution in [3.8, 4) is 5.75 Å². The zero-order valence-corrected chi connectivity index (χ0v) is 9.72. The van der Waals surface area contributed by atoms with Gasteiger partial charge in [-0.1, -0.05) is 0 Å². The Kier molecular flexibility index (Phi) is 3.27. The molecule has 0 atom stereocenters. The van der Waals surface area contributed by atoms with E-state index in [1.165, 1.54) is 13.2 Å². The molecule has 0 amide bonds. The first-order chi connectivity index (χ1) is 6.06. The molecule has 0 unspecified atom stereocenters. The van der Waals surface area contributed by atoms with Gasteiger partial charge >= 0.3 is 5.97 Å². The first-order valence-electron chi connectivity index (χ1n) is 3.19. The van der Waals surface area contributed by atoms with Gasteiger partial charge in [0.2, 0.25) is 0 Å². The summed E-state index contributed by atoms with van der Waals surface area (Å²) < 4.78 is 5.04. The smallest absolute Gasteiger partial charge is 0.356 e. The summed E-state index contributed by atoms with van der Waals surface area (Å²) in [6, 6.07) is 1.38. The van der Waals surface area contributed by atoms with E-state index < -0.39 is 5.97 Å². The van der Waals surface area contributed by atoms with Gasteiger partial charge in [-0.15, -0.1) is 0 Å². The fourth-order valence-corrected chi connectivity index (χ4v) is 1.76. The second kappa shape index (κ2) is 4.06. The van der Waals surface area contributed by atoms with Crippen LogP contribution in [0.4, 0.5) is 0 Å². The van der Waals surface area contributed by atoms with Crippen molar-refractivity contribution in [2.45, 2.75) is 0 Å². The Bertz CT molecular complexity index is 331. The molecule has 0 radical (unpaired) electrons. The van der Waals surface area contributed by atoms with E-state index in [2.05, 4.69) is 41.6 Å². The average Bonchev–Trinajstić information content (AvgIpc) is 2.12. The Morgan fingerprint density at radius 1 is 1.62 bits per heavy atom. The minimum absolute atomic E-state index is 0.0485. The first kappa shape index (κ1) is 10.5. The molecule has 0 aliphatic rings. The molecule has 0 bridgehead atoms. The van der Waals surface area contributed by atoms with Gasteiger partial charge in [0, 0.05) is 0 Å². The van der Waals surface area contributed by atoms with Crippen LogP contribution < -0.4 is 0 Å². The molecule has 1 aromatic heterocycles. The van der Waals surface area contributed by atoms with Gasteiger partial charge in [-0.3, -0.25) is 0 Å². The summed E-state index contributed by atoms with van der Waals surface area (Å²) in [5.41, 5.74) is 0.124. The number of pyridine rings is 1. The van der Waals surface area contributed by atoms with Crippen LogP contribution in [0.1, 0.15) is 10.5 Å². The van der Waals surface area contributed by atoms with Gasteiger partial charge in [-0.2, -0.15) is 0 Å². The largest absolute Gasteiger partial charge is 0.504 e. The number of ether oxygens (including phenoxy) is 1. The minimum atomic E-state index is -0.554. The summed E-state index contributed by atoms with van der Waals surface area (Å²) >= 11 is 6.06. The van der Waals surface area contributed by atoms with Crippen LogP contribution in [0.25, 0.3) is 0 Å². The molecule has 0 aromatic carbocycles. The summed E-state index contributed by atoms with van der Waals surface area (Å²) in [5, 5.41) is 9.28. The Morgan fingerprint density at radius 2 is 2.23 bits per heavy atom. The van der Waals surface area contributed by atoms with Crippen molar-refractivity contribution in [3.63, 3.8) is 0 Å². The number of hydrogen-bond acceptors (Lipinski definition) is 4. The molecule has 13 heavy (non-hydrogen) atoms. The van der Waals surface area contributed by atoms with Crippen molar-refractivity contribution in [1.29, 1.82) is 0 Å². The van der Waals surface area contributed by atoms with E-state index in [9.17, 15) is 9.90 Å². The van der Waals surface area contributed by atoms with Crippen molar-refractivity contribution in [3.05, 3.63) is 20.8 Å². The maximum atomic E-state index is 11.0. The summed E-state index contributed by atoms with van der Waals surface area (Å²) in [5.74, 6) is -0.603. The summed E-state index contributed by atoms with van der Waals surface area (Å²) in [4.78, 5) is 14.8. The van der Waals surface area contributed by atoms with Crippen LogP contribution in [0, 0.1) is 0 Å². The third-order valence-electron chi connectivity index (χ3n) is 1.30. The predicted octanol–water partition coefficient (Wildman–Crippen LogP) is 2.10. The highest BCUT2D eigenvalue weighted by Crippen LogP contribution is 2.30. The van der Waals surface area contributed by atoms with Crippen molar-refractivity contribution >= 4 is 37.8 Å². The number of esters is 1. The molecule has 1 rings (SSSR count). The third kappa shape index (κ3) is 2.19. The molecule has 0 aliphatic heterocycles. The number of carbonyl (C=O) groups is 1. The van der Waals surface area contributed by atoms with Crippen molar-refractivity contribution < 1.29 is 14.6 Å². The molecule has 0 saturated carbocycles. The lowest BCUT2D eigenvalue weighted by Gasteiger charge is -2.02. The lowest BCUT2D eigenvalue weighted by molar-refractivity contribution is 0.0593. The number of methoxy groups -OCH3 is 1. The molecule has 0 saturated heterocycles.